The smallest absolute Gasteiger partial charge is 0.248 e. The second-order valence-electron chi connectivity index (χ2n) is 6.47. The lowest BCUT2D eigenvalue weighted by Crippen LogP contribution is -2.57. The Balaban J connectivity index is 1.69. The first-order chi connectivity index (χ1) is 11.1. The number of carbonyl (C=O) groups is 1. The van der Waals surface area contributed by atoms with Crippen molar-refractivity contribution in [2.75, 3.05) is 51.8 Å². The standard InChI is InChI=1S/C17H26N4O2/c1-20-6-8-21(9-7-20)16-12-23-10-5-15(16)19-14-4-2-3-13(11-14)17(18)22/h2-4,11,15-16,19H,5-10,12H2,1H3,(H2,18,22). The van der Waals surface area contributed by atoms with Gasteiger partial charge in [-0.1, -0.05) is 6.07 Å². The van der Waals surface area contributed by atoms with Gasteiger partial charge in [0, 0.05) is 50.1 Å². The normalized spacial score (nSPS) is 26.8. The zero-order chi connectivity index (χ0) is 16.2. The zero-order valence-corrected chi connectivity index (χ0v) is 13.7. The van der Waals surface area contributed by atoms with Gasteiger partial charge in [0.05, 0.1) is 12.6 Å². The number of amides is 1. The summed E-state index contributed by atoms with van der Waals surface area (Å²) >= 11 is 0. The Bertz CT molecular complexity index is 543. The van der Waals surface area contributed by atoms with Crippen LogP contribution in [0.5, 0.6) is 0 Å². The van der Waals surface area contributed by atoms with Crippen LogP contribution >= 0.6 is 0 Å². The maximum Gasteiger partial charge on any atom is 0.248 e. The number of nitrogens with one attached hydrogen (secondary N) is 1. The van der Waals surface area contributed by atoms with Gasteiger partial charge in [-0.15, -0.1) is 0 Å². The molecule has 1 aromatic rings. The van der Waals surface area contributed by atoms with Crippen molar-refractivity contribution in [2.24, 2.45) is 5.73 Å². The minimum absolute atomic E-state index is 0.329. The second kappa shape index (κ2) is 7.29. The van der Waals surface area contributed by atoms with E-state index in [9.17, 15) is 4.79 Å². The first-order valence-corrected chi connectivity index (χ1v) is 8.30. The van der Waals surface area contributed by atoms with Crippen LogP contribution in [0.3, 0.4) is 0 Å². The van der Waals surface area contributed by atoms with Crippen molar-refractivity contribution < 1.29 is 9.53 Å². The van der Waals surface area contributed by atoms with Crippen LogP contribution in [-0.2, 0) is 4.74 Å². The molecule has 6 heteroatoms. The highest BCUT2D eigenvalue weighted by atomic mass is 16.5. The minimum atomic E-state index is -0.392. The maximum atomic E-state index is 11.3. The molecule has 2 saturated heterocycles. The topological polar surface area (TPSA) is 70.8 Å². The summed E-state index contributed by atoms with van der Waals surface area (Å²) in [6.45, 7) is 5.88. The highest BCUT2D eigenvalue weighted by Crippen LogP contribution is 2.21. The van der Waals surface area contributed by atoms with Crippen LogP contribution in [0.25, 0.3) is 0 Å². The summed E-state index contributed by atoms with van der Waals surface area (Å²) in [7, 11) is 2.17. The summed E-state index contributed by atoms with van der Waals surface area (Å²) in [6.07, 6.45) is 0.970. The Morgan fingerprint density at radius 1 is 1.30 bits per heavy atom. The molecule has 0 saturated carbocycles. The summed E-state index contributed by atoms with van der Waals surface area (Å²) in [5.74, 6) is -0.392. The number of nitrogens with zero attached hydrogens (tertiary/aromatic N) is 2. The summed E-state index contributed by atoms with van der Waals surface area (Å²) in [6, 6.07) is 8.13. The van der Waals surface area contributed by atoms with E-state index in [1.54, 1.807) is 6.07 Å². The lowest BCUT2D eigenvalue weighted by atomic mass is 10.00. The average Bonchev–Trinajstić information content (AvgIpc) is 2.56. The molecule has 1 aromatic carbocycles. The average molecular weight is 318 g/mol. The van der Waals surface area contributed by atoms with Gasteiger partial charge in [0.2, 0.25) is 5.91 Å². The Kier molecular flexibility index (Phi) is 5.15. The number of carbonyl (C=O) groups excluding carboxylic acids is 1. The van der Waals surface area contributed by atoms with Crippen molar-refractivity contribution in [3.63, 3.8) is 0 Å². The van der Waals surface area contributed by atoms with Crippen LogP contribution in [0.15, 0.2) is 24.3 Å². The number of hydrogen-bond donors (Lipinski definition) is 2. The second-order valence-corrected chi connectivity index (χ2v) is 6.47. The van der Waals surface area contributed by atoms with Crippen LogP contribution in [0.1, 0.15) is 16.8 Å². The summed E-state index contributed by atoms with van der Waals surface area (Å²) in [5.41, 5.74) is 6.86. The molecule has 3 rings (SSSR count). The van der Waals surface area contributed by atoms with Crippen molar-refractivity contribution in [1.29, 1.82) is 0 Å². The number of likely N-dealkylation sites (N-methyl/N-ethyl adjacent to an activating group) is 1. The fourth-order valence-electron chi connectivity index (χ4n) is 3.38. The maximum absolute atomic E-state index is 11.3. The number of nitrogens with two attached hydrogens (primary N) is 1. The van der Waals surface area contributed by atoms with E-state index in [1.807, 2.05) is 18.2 Å². The van der Waals surface area contributed by atoms with Crippen molar-refractivity contribution in [2.45, 2.75) is 18.5 Å². The van der Waals surface area contributed by atoms with Gasteiger partial charge in [-0.3, -0.25) is 9.69 Å². The summed E-state index contributed by atoms with van der Waals surface area (Å²) in [5, 5.41) is 3.59. The van der Waals surface area contributed by atoms with E-state index in [4.69, 9.17) is 10.5 Å². The third kappa shape index (κ3) is 4.02. The number of benzene rings is 1. The molecule has 2 aliphatic rings. The Hall–Kier alpha value is -1.63. The molecule has 126 valence electrons. The van der Waals surface area contributed by atoms with Gasteiger partial charge in [0.15, 0.2) is 0 Å². The van der Waals surface area contributed by atoms with Gasteiger partial charge >= 0.3 is 0 Å². The van der Waals surface area contributed by atoms with E-state index in [2.05, 4.69) is 22.2 Å². The van der Waals surface area contributed by atoms with Crippen molar-refractivity contribution in [3.05, 3.63) is 29.8 Å². The van der Waals surface area contributed by atoms with Gasteiger partial charge in [0.25, 0.3) is 0 Å². The number of primary amides is 1. The van der Waals surface area contributed by atoms with Crippen molar-refractivity contribution in [1.82, 2.24) is 9.80 Å². The molecule has 6 nitrogen and oxygen atoms in total. The first kappa shape index (κ1) is 16.2. The van der Waals surface area contributed by atoms with Gasteiger partial charge < -0.3 is 20.7 Å². The van der Waals surface area contributed by atoms with Crippen LogP contribution in [0.2, 0.25) is 0 Å². The molecule has 0 bridgehead atoms. The SMILES string of the molecule is CN1CCN(C2COCCC2Nc2cccc(C(N)=O)c2)CC1. The summed E-state index contributed by atoms with van der Waals surface area (Å²) in [4.78, 5) is 16.2. The van der Waals surface area contributed by atoms with Crippen LogP contribution in [-0.4, -0.2) is 74.2 Å². The van der Waals surface area contributed by atoms with Crippen LogP contribution in [0.4, 0.5) is 5.69 Å². The van der Waals surface area contributed by atoms with E-state index < -0.39 is 5.91 Å². The highest BCUT2D eigenvalue weighted by molar-refractivity contribution is 5.93. The largest absolute Gasteiger partial charge is 0.381 e. The Morgan fingerprint density at radius 2 is 2.09 bits per heavy atom. The molecule has 3 N–H and O–H groups in total. The van der Waals surface area contributed by atoms with Crippen LogP contribution < -0.4 is 11.1 Å². The fourth-order valence-corrected chi connectivity index (χ4v) is 3.38. The summed E-state index contributed by atoms with van der Waals surface area (Å²) < 4.78 is 5.72. The van der Waals surface area contributed by atoms with Crippen molar-refractivity contribution >= 4 is 11.6 Å². The molecular weight excluding hydrogens is 292 g/mol. The molecule has 2 unspecified atom stereocenters. The fraction of sp³-hybridized carbons (Fsp3) is 0.588. The quantitative estimate of drug-likeness (QED) is 0.851. The highest BCUT2D eigenvalue weighted by Gasteiger charge is 2.32. The molecule has 0 spiro atoms. The monoisotopic (exact) mass is 318 g/mol. The number of hydrogen-bond acceptors (Lipinski definition) is 5. The lowest BCUT2D eigenvalue weighted by Gasteiger charge is -2.43. The number of piperazine rings is 1. The minimum Gasteiger partial charge on any atom is -0.381 e. The molecule has 23 heavy (non-hydrogen) atoms. The molecule has 1 amide bonds. The molecule has 2 fully saturated rings. The van der Waals surface area contributed by atoms with Gasteiger partial charge in [0.1, 0.15) is 0 Å². The third-order valence-corrected chi connectivity index (χ3v) is 4.83. The molecule has 2 heterocycles. The van der Waals surface area contributed by atoms with Crippen molar-refractivity contribution in [3.8, 4) is 0 Å². The zero-order valence-electron chi connectivity index (χ0n) is 13.7. The Morgan fingerprint density at radius 3 is 2.83 bits per heavy atom. The molecule has 0 radical (unpaired) electrons. The predicted molar refractivity (Wildman–Crippen MR) is 90.7 cm³/mol. The predicted octanol–water partition coefficient (Wildman–Crippen LogP) is 0.602. The number of anilines is 1. The van der Waals surface area contributed by atoms with Gasteiger partial charge in [-0.2, -0.15) is 0 Å². The van der Waals surface area contributed by atoms with Crippen LogP contribution in [0, 0.1) is 0 Å². The van der Waals surface area contributed by atoms with E-state index >= 15 is 0 Å². The molecular formula is C17H26N4O2. The third-order valence-electron chi connectivity index (χ3n) is 4.83. The van der Waals surface area contributed by atoms with Gasteiger partial charge in [-0.05, 0) is 31.7 Å². The number of rotatable bonds is 4. The Labute approximate surface area is 137 Å². The van der Waals surface area contributed by atoms with E-state index in [0.717, 1.165) is 51.5 Å². The lowest BCUT2D eigenvalue weighted by molar-refractivity contribution is -0.00520. The first-order valence-electron chi connectivity index (χ1n) is 8.30. The van der Waals surface area contributed by atoms with E-state index in [1.165, 1.54) is 0 Å². The molecule has 0 aromatic heterocycles. The van der Waals surface area contributed by atoms with E-state index in [-0.39, 0.29) is 0 Å². The van der Waals surface area contributed by atoms with Gasteiger partial charge in [-0.25, -0.2) is 0 Å². The molecule has 2 aliphatic heterocycles. The number of ether oxygens (including phenoxy) is 1. The molecule has 2 atom stereocenters. The van der Waals surface area contributed by atoms with E-state index in [0.29, 0.717) is 17.6 Å². The molecule has 0 aliphatic carbocycles.